The summed E-state index contributed by atoms with van der Waals surface area (Å²) < 4.78 is 1.94. The molecule has 0 unspecified atom stereocenters. The van der Waals surface area contributed by atoms with Crippen LogP contribution in [0.4, 0.5) is 5.95 Å². The molecule has 0 amide bonds. The van der Waals surface area contributed by atoms with Crippen LogP contribution in [0.15, 0.2) is 43.1 Å². The molecule has 4 aromatic heterocycles. The third-order valence-electron chi connectivity index (χ3n) is 5.52. The fraction of sp³-hybridized carbons (Fsp3) is 0.333. The standard InChI is InChI=1S/C21H23N7/c1-13(2)15-10-22-21(23-11-15)27-8-6-16-19(25-12-24-16)20(27)17-9-18-14(3)5-4-7-28(18)26-17/h4-5,7,9-13,20H,6,8H2,1-3H3,(H,24,25)/t20-/m0/s1. The summed E-state index contributed by atoms with van der Waals surface area (Å²) >= 11 is 0. The first-order chi connectivity index (χ1) is 13.6. The molecule has 1 aliphatic heterocycles. The summed E-state index contributed by atoms with van der Waals surface area (Å²) in [5.74, 6) is 1.13. The first-order valence-corrected chi connectivity index (χ1v) is 9.67. The summed E-state index contributed by atoms with van der Waals surface area (Å²) in [5.41, 5.74) is 6.57. The topological polar surface area (TPSA) is 75.0 Å². The fourth-order valence-electron chi connectivity index (χ4n) is 3.88. The van der Waals surface area contributed by atoms with Gasteiger partial charge in [0, 0.05) is 37.3 Å². The van der Waals surface area contributed by atoms with Crippen molar-refractivity contribution in [3.8, 4) is 0 Å². The van der Waals surface area contributed by atoms with E-state index in [4.69, 9.17) is 5.10 Å². The molecule has 5 rings (SSSR count). The molecule has 1 atom stereocenters. The number of nitrogens with zero attached hydrogens (tertiary/aromatic N) is 6. The Morgan fingerprint density at radius 1 is 1.18 bits per heavy atom. The van der Waals surface area contributed by atoms with Crippen LogP contribution in [0.5, 0.6) is 0 Å². The molecule has 7 nitrogen and oxygen atoms in total. The minimum Gasteiger partial charge on any atom is -0.348 e. The van der Waals surface area contributed by atoms with Gasteiger partial charge in [0.15, 0.2) is 0 Å². The van der Waals surface area contributed by atoms with Gasteiger partial charge in [-0.2, -0.15) is 5.10 Å². The summed E-state index contributed by atoms with van der Waals surface area (Å²) in [7, 11) is 0. The van der Waals surface area contributed by atoms with Gasteiger partial charge in [0.25, 0.3) is 0 Å². The molecule has 28 heavy (non-hydrogen) atoms. The van der Waals surface area contributed by atoms with Gasteiger partial charge in [0.2, 0.25) is 5.95 Å². The van der Waals surface area contributed by atoms with Crippen molar-refractivity contribution < 1.29 is 0 Å². The number of nitrogens with one attached hydrogen (secondary N) is 1. The number of aromatic nitrogens is 6. The summed E-state index contributed by atoms with van der Waals surface area (Å²) in [6.45, 7) is 7.22. The molecule has 7 heteroatoms. The summed E-state index contributed by atoms with van der Waals surface area (Å²) in [6, 6.07) is 6.16. The molecule has 0 saturated heterocycles. The van der Waals surface area contributed by atoms with Crippen molar-refractivity contribution in [2.75, 3.05) is 11.4 Å². The predicted octanol–water partition coefficient (Wildman–Crippen LogP) is 3.43. The Hall–Kier alpha value is -3.22. The molecule has 4 aromatic rings. The van der Waals surface area contributed by atoms with Crippen molar-refractivity contribution in [1.82, 2.24) is 29.5 Å². The molecular formula is C21H23N7. The SMILES string of the molecule is Cc1cccn2nc([C@H]3c4nc[nH]c4CCN3c3ncc(C(C)C)cn3)cc12. The van der Waals surface area contributed by atoms with Gasteiger partial charge < -0.3 is 9.88 Å². The van der Waals surface area contributed by atoms with E-state index in [1.165, 1.54) is 5.56 Å². The van der Waals surface area contributed by atoms with Gasteiger partial charge in [-0.3, -0.25) is 0 Å². The Labute approximate surface area is 163 Å². The molecule has 0 fully saturated rings. The van der Waals surface area contributed by atoms with Gasteiger partial charge in [0.1, 0.15) is 6.04 Å². The fourth-order valence-corrected chi connectivity index (χ4v) is 3.88. The predicted molar refractivity (Wildman–Crippen MR) is 108 cm³/mol. The molecule has 5 heterocycles. The van der Waals surface area contributed by atoms with E-state index < -0.39 is 0 Å². The number of pyridine rings is 1. The van der Waals surface area contributed by atoms with Gasteiger partial charge in [-0.25, -0.2) is 19.5 Å². The van der Waals surface area contributed by atoms with Gasteiger partial charge >= 0.3 is 0 Å². The number of hydrogen-bond donors (Lipinski definition) is 1. The molecule has 0 aromatic carbocycles. The monoisotopic (exact) mass is 373 g/mol. The molecule has 0 aliphatic carbocycles. The van der Waals surface area contributed by atoms with Crippen molar-refractivity contribution in [1.29, 1.82) is 0 Å². The quantitative estimate of drug-likeness (QED) is 0.595. The van der Waals surface area contributed by atoms with E-state index in [9.17, 15) is 0 Å². The Kier molecular flexibility index (Phi) is 3.89. The average molecular weight is 373 g/mol. The van der Waals surface area contributed by atoms with Crippen molar-refractivity contribution in [2.45, 2.75) is 39.2 Å². The lowest BCUT2D eigenvalue weighted by molar-refractivity contribution is 0.601. The Morgan fingerprint density at radius 3 is 2.75 bits per heavy atom. The van der Waals surface area contributed by atoms with Crippen LogP contribution >= 0.6 is 0 Å². The largest absolute Gasteiger partial charge is 0.348 e. The van der Waals surface area contributed by atoms with Crippen LogP contribution in [0.1, 0.15) is 54.0 Å². The highest BCUT2D eigenvalue weighted by atomic mass is 15.3. The number of aryl methyl sites for hydroxylation is 1. The van der Waals surface area contributed by atoms with Gasteiger partial charge in [-0.15, -0.1) is 0 Å². The Bertz CT molecular complexity index is 1120. The van der Waals surface area contributed by atoms with E-state index in [-0.39, 0.29) is 6.04 Å². The number of rotatable bonds is 3. The zero-order chi connectivity index (χ0) is 19.3. The summed E-state index contributed by atoms with van der Waals surface area (Å²) in [5, 5.41) is 4.86. The van der Waals surface area contributed by atoms with E-state index in [2.05, 4.69) is 57.7 Å². The van der Waals surface area contributed by atoms with Crippen LogP contribution in [0, 0.1) is 6.92 Å². The maximum atomic E-state index is 4.86. The summed E-state index contributed by atoms with van der Waals surface area (Å²) in [4.78, 5) is 19.5. The third-order valence-corrected chi connectivity index (χ3v) is 5.52. The zero-order valence-electron chi connectivity index (χ0n) is 16.3. The highest BCUT2D eigenvalue weighted by Gasteiger charge is 2.34. The molecule has 1 aliphatic rings. The van der Waals surface area contributed by atoms with Crippen LogP contribution in [0.3, 0.4) is 0 Å². The lowest BCUT2D eigenvalue weighted by atomic mass is 10.00. The smallest absolute Gasteiger partial charge is 0.226 e. The van der Waals surface area contributed by atoms with Crippen molar-refractivity contribution in [2.24, 2.45) is 0 Å². The van der Waals surface area contributed by atoms with Crippen LogP contribution in [0.25, 0.3) is 5.52 Å². The number of H-pyrrole nitrogens is 1. The van der Waals surface area contributed by atoms with E-state index in [0.717, 1.165) is 47.1 Å². The number of imidazole rings is 1. The van der Waals surface area contributed by atoms with Crippen molar-refractivity contribution in [3.05, 3.63) is 71.3 Å². The van der Waals surface area contributed by atoms with Gasteiger partial charge in [0.05, 0.1) is 23.2 Å². The number of hydrogen-bond acceptors (Lipinski definition) is 5. The van der Waals surface area contributed by atoms with Crippen LogP contribution in [0.2, 0.25) is 0 Å². The lowest BCUT2D eigenvalue weighted by Crippen LogP contribution is -2.37. The molecule has 1 N–H and O–H groups in total. The number of aromatic amines is 1. The minimum absolute atomic E-state index is 0.112. The highest BCUT2D eigenvalue weighted by molar-refractivity contribution is 5.57. The van der Waals surface area contributed by atoms with Crippen LogP contribution in [-0.2, 0) is 6.42 Å². The molecule has 0 spiro atoms. The second-order valence-corrected chi connectivity index (χ2v) is 7.67. The van der Waals surface area contributed by atoms with Gasteiger partial charge in [-0.1, -0.05) is 19.9 Å². The maximum Gasteiger partial charge on any atom is 0.226 e. The molecule has 0 saturated carbocycles. The summed E-state index contributed by atoms with van der Waals surface area (Å²) in [6.07, 6.45) is 8.49. The zero-order valence-corrected chi connectivity index (χ0v) is 16.3. The van der Waals surface area contributed by atoms with Crippen molar-refractivity contribution >= 4 is 11.5 Å². The highest BCUT2D eigenvalue weighted by Crippen LogP contribution is 2.35. The maximum absolute atomic E-state index is 4.86. The van der Waals surface area contributed by atoms with E-state index in [0.29, 0.717) is 5.92 Å². The third kappa shape index (κ3) is 2.66. The molecule has 142 valence electrons. The minimum atomic E-state index is -0.112. The first kappa shape index (κ1) is 16.9. The Morgan fingerprint density at radius 2 is 2.00 bits per heavy atom. The number of fused-ring (bicyclic) bond motifs is 2. The second kappa shape index (κ2) is 6.44. The molecule has 0 bridgehead atoms. The van der Waals surface area contributed by atoms with Crippen LogP contribution in [-0.4, -0.2) is 36.1 Å². The second-order valence-electron chi connectivity index (χ2n) is 7.67. The lowest BCUT2D eigenvalue weighted by Gasteiger charge is -2.33. The van der Waals surface area contributed by atoms with Gasteiger partial charge in [-0.05, 0) is 36.1 Å². The first-order valence-electron chi connectivity index (χ1n) is 9.67. The van der Waals surface area contributed by atoms with Crippen LogP contribution < -0.4 is 4.90 Å². The number of anilines is 1. The van der Waals surface area contributed by atoms with Crippen molar-refractivity contribution in [3.63, 3.8) is 0 Å². The van der Waals surface area contributed by atoms with E-state index in [1.54, 1.807) is 6.33 Å². The van der Waals surface area contributed by atoms with E-state index >= 15 is 0 Å². The molecule has 0 radical (unpaired) electrons. The average Bonchev–Trinajstić information content (AvgIpc) is 3.34. The van der Waals surface area contributed by atoms with E-state index in [1.807, 2.05) is 29.2 Å². The Balaban J connectivity index is 1.63. The normalized spacial score (nSPS) is 16.7. The molecular weight excluding hydrogens is 350 g/mol.